The molecule has 25 heavy (non-hydrogen) atoms. The average molecular weight is 348 g/mol. The minimum absolute atomic E-state index is 0.0288. The molecular formula is C21H32O4. The van der Waals surface area contributed by atoms with Crippen LogP contribution in [0.3, 0.4) is 0 Å². The van der Waals surface area contributed by atoms with Gasteiger partial charge in [0, 0.05) is 11.3 Å². The second-order valence-corrected chi connectivity index (χ2v) is 9.55. The lowest BCUT2D eigenvalue weighted by atomic mass is 9.46. The van der Waals surface area contributed by atoms with Crippen molar-refractivity contribution in [1.29, 1.82) is 0 Å². The Balaban J connectivity index is 2.05. The van der Waals surface area contributed by atoms with E-state index in [9.17, 15) is 9.59 Å². The molecular weight excluding hydrogens is 316 g/mol. The van der Waals surface area contributed by atoms with Crippen LogP contribution in [-0.2, 0) is 19.1 Å². The molecule has 1 heterocycles. The Morgan fingerprint density at radius 2 is 1.88 bits per heavy atom. The summed E-state index contributed by atoms with van der Waals surface area (Å²) in [5.41, 5.74) is -0.205. The number of carbonyl (C=O) groups is 2. The van der Waals surface area contributed by atoms with E-state index >= 15 is 0 Å². The molecule has 0 N–H and O–H groups in total. The maximum atomic E-state index is 13.0. The van der Waals surface area contributed by atoms with Crippen molar-refractivity contribution in [3.63, 3.8) is 0 Å². The van der Waals surface area contributed by atoms with Crippen molar-refractivity contribution in [2.24, 2.45) is 16.7 Å². The molecule has 0 radical (unpaired) electrons. The van der Waals surface area contributed by atoms with Gasteiger partial charge in [0.1, 0.15) is 0 Å². The van der Waals surface area contributed by atoms with E-state index < -0.39 is 11.2 Å². The fraction of sp³-hybridized carbons (Fsp3) is 0.810. The number of ketones is 1. The van der Waals surface area contributed by atoms with Crippen LogP contribution in [0.25, 0.3) is 0 Å². The van der Waals surface area contributed by atoms with Crippen LogP contribution >= 0.6 is 0 Å². The number of esters is 1. The number of carbonyl (C=O) groups excluding carboxylic acids is 2. The van der Waals surface area contributed by atoms with Crippen molar-refractivity contribution >= 4 is 11.8 Å². The van der Waals surface area contributed by atoms with Gasteiger partial charge in [-0.25, -0.2) is 0 Å². The number of allylic oxidation sites excluding steroid dienone is 1. The minimum Gasteiger partial charge on any atom is -0.469 e. The predicted molar refractivity (Wildman–Crippen MR) is 96.1 cm³/mol. The Morgan fingerprint density at radius 1 is 1.20 bits per heavy atom. The summed E-state index contributed by atoms with van der Waals surface area (Å²) in [5, 5.41) is 0. The van der Waals surface area contributed by atoms with Gasteiger partial charge < -0.3 is 9.47 Å². The largest absolute Gasteiger partial charge is 0.469 e. The van der Waals surface area contributed by atoms with Crippen molar-refractivity contribution < 1.29 is 19.1 Å². The zero-order valence-corrected chi connectivity index (χ0v) is 16.5. The molecule has 2 aliphatic carbocycles. The minimum atomic E-state index is -0.530. The van der Waals surface area contributed by atoms with Gasteiger partial charge in [0.15, 0.2) is 5.78 Å². The smallest absolute Gasteiger partial charge is 0.308 e. The molecule has 4 heteroatoms. The molecule has 3 rings (SSSR count). The summed E-state index contributed by atoms with van der Waals surface area (Å²) in [4.78, 5) is 24.9. The van der Waals surface area contributed by atoms with Gasteiger partial charge >= 0.3 is 5.97 Å². The molecule has 1 saturated heterocycles. The topological polar surface area (TPSA) is 52.6 Å². The molecule has 4 atom stereocenters. The first-order chi connectivity index (χ1) is 11.5. The summed E-state index contributed by atoms with van der Waals surface area (Å²) < 4.78 is 11.6. The van der Waals surface area contributed by atoms with Crippen molar-refractivity contribution in [2.75, 3.05) is 7.11 Å². The number of hydrogen-bond acceptors (Lipinski definition) is 4. The van der Waals surface area contributed by atoms with E-state index in [0.29, 0.717) is 0 Å². The standard InChI is InChI=1S/C21H32O4/c1-14-12-15(22)17-18(2,3)8-7-9-20(17,5)21(14)11-10-19(4,25-21)13-16(23)24-6/h12,17H,7-11,13H2,1-6H3/t17-,19-,20-,21+/m0/s1. The molecule has 4 nitrogen and oxygen atoms in total. The highest BCUT2D eigenvalue weighted by Gasteiger charge is 2.66. The Labute approximate surface area is 151 Å². The lowest BCUT2D eigenvalue weighted by Gasteiger charge is -2.60. The zero-order valence-electron chi connectivity index (χ0n) is 16.5. The summed E-state index contributed by atoms with van der Waals surface area (Å²) in [5.74, 6) is -0.0165. The summed E-state index contributed by atoms with van der Waals surface area (Å²) in [6.07, 6.45) is 6.93. The number of methoxy groups -OCH3 is 1. The van der Waals surface area contributed by atoms with Gasteiger partial charge in [-0.2, -0.15) is 0 Å². The molecule has 2 fully saturated rings. The van der Waals surface area contributed by atoms with Gasteiger partial charge in [-0.05, 0) is 56.6 Å². The average Bonchev–Trinajstić information content (AvgIpc) is 2.84. The molecule has 3 aliphatic rings. The number of ether oxygens (including phenoxy) is 2. The highest BCUT2D eigenvalue weighted by Crippen LogP contribution is 2.65. The monoisotopic (exact) mass is 348 g/mol. The Morgan fingerprint density at radius 3 is 2.52 bits per heavy atom. The van der Waals surface area contributed by atoms with Gasteiger partial charge in [0.25, 0.3) is 0 Å². The maximum absolute atomic E-state index is 13.0. The van der Waals surface area contributed by atoms with E-state index in [1.807, 2.05) is 19.9 Å². The van der Waals surface area contributed by atoms with Gasteiger partial charge in [0.05, 0.1) is 24.7 Å². The van der Waals surface area contributed by atoms with E-state index in [4.69, 9.17) is 9.47 Å². The Kier molecular flexibility index (Phi) is 4.22. The third-order valence-electron chi connectivity index (χ3n) is 7.31. The maximum Gasteiger partial charge on any atom is 0.308 e. The van der Waals surface area contributed by atoms with E-state index in [0.717, 1.165) is 37.7 Å². The fourth-order valence-electron chi connectivity index (χ4n) is 6.21. The second-order valence-electron chi connectivity index (χ2n) is 9.55. The first-order valence-electron chi connectivity index (χ1n) is 9.49. The van der Waals surface area contributed by atoms with E-state index in [2.05, 4.69) is 20.8 Å². The van der Waals surface area contributed by atoms with Gasteiger partial charge in [-0.15, -0.1) is 0 Å². The lowest BCUT2D eigenvalue weighted by molar-refractivity contribution is -0.194. The molecule has 0 unspecified atom stereocenters. The number of hydrogen-bond donors (Lipinski definition) is 0. The number of rotatable bonds is 2. The Hall–Kier alpha value is -1.16. The van der Waals surface area contributed by atoms with Crippen LogP contribution in [-0.4, -0.2) is 30.1 Å². The van der Waals surface area contributed by atoms with E-state index in [1.54, 1.807) is 0 Å². The van der Waals surface area contributed by atoms with Crippen LogP contribution in [0.4, 0.5) is 0 Å². The molecule has 0 aromatic rings. The molecule has 1 spiro atoms. The summed E-state index contributed by atoms with van der Waals surface area (Å²) in [6, 6.07) is 0. The van der Waals surface area contributed by atoms with Crippen LogP contribution in [0, 0.1) is 16.7 Å². The van der Waals surface area contributed by atoms with Crippen molar-refractivity contribution in [3.8, 4) is 0 Å². The summed E-state index contributed by atoms with van der Waals surface area (Å²) in [6.45, 7) is 10.7. The number of fused-ring (bicyclic) bond motifs is 2. The Bertz CT molecular complexity index is 634. The zero-order chi connectivity index (χ0) is 18.7. The summed E-state index contributed by atoms with van der Waals surface area (Å²) in [7, 11) is 1.42. The lowest BCUT2D eigenvalue weighted by Crippen LogP contribution is -2.62. The van der Waals surface area contributed by atoms with Crippen LogP contribution in [0.5, 0.6) is 0 Å². The van der Waals surface area contributed by atoms with Crippen LogP contribution in [0.1, 0.15) is 73.1 Å². The van der Waals surface area contributed by atoms with Gasteiger partial charge in [-0.3, -0.25) is 9.59 Å². The SMILES string of the molecule is COC(=O)C[C@]1(C)CC[C@@]2(O1)C(C)=CC(=O)[C@H]1C(C)(C)CCC[C@@]12C. The second kappa shape index (κ2) is 5.67. The van der Waals surface area contributed by atoms with Crippen molar-refractivity contribution in [2.45, 2.75) is 84.3 Å². The van der Waals surface area contributed by atoms with Crippen LogP contribution in [0.15, 0.2) is 11.6 Å². The molecule has 0 amide bonds. The third-order valence-corrected chi connectivity index (χ3v) is 7.31. The quantitative estimate of drug-likeness (QED) is 0.701. The molecule has 1 aliphatic heterocycles. The summed E-state index contributed by atoms with van der Waals surface area (Å²) >= 11 is 0. The molecule has 0 bridgehead atoms. The molecule has 140 valence electrons. The predicted octanol–water partition coefficient (Wildman–Crippen LogP) is 4.22. The van der Waals surface area contributed by atoms with Crippen molar-refractivity contribution in [1.82, 2.24) is 0 Å². The normalized spacial score (nSPS) is 42.9. The van der Waals surface area contributed by atoms with Crippen molar-refractivity contribution in [3.05, 3.63) is 11.6 Å². The van der Waals surface area contributed by atoms with Crippen LogP contribution < -0.4 is 0 Å². The highest BCUT2D eigenvalue weighted by molar-refractivity contribution is 5.95. The van der Waals surface area contributed by atoms with Gasteiger partial charge in [-0.1, -0.05) is 27.2 Å². The van der Waals surface area contributed by atoms with Gasteiger partial charge in [0.2, 0.25) is 0 Å². The molecule has 0 aromatic heterocycles. The third kappa shape index (κ3) is 2.59. The first-order valence-corrected chi connectivity index (χ1v) is 9.49. The molecule has 1 saturated carbocycles. The highest BCUT2D eigenvalue weighted by atomic mass is 16.5. The first kappa shape index (κ1) is 18.6. The molecule has 0 aromatic carbocycles. The van der Waals surface area contributed by atoms with Crippen LogP contribution in [0.2, 0.25) is 0 Å². The van der Waals surface area contributed by atoms with E-state index in [-0.39, 0.29) is 34.9 Å². The van der Waals surface area contributed by atoms with E-state index in [1.165, 1.54) is 7.11 Å². The fourth-order valence-corrected chi connectivity index (χ4v) is 6.21.